The molecule has 0 saturated carbocycles. The molecule has 9 rings (SSSR count). The maximum absolute atomic E-state index is 13.1. The van der Waals surface area contributed by atoms with E-state index in [1.165, 1.54) is 4.57 Å². The molecule has 9 aromatic rings. The Morgan fingerprint density at radius 1 is 0.574 bits per heavy atom. The second-order valence-electron chi connectivity index (χ2n) is 18.3. The molecule has 0 saturated heterocycles. The van der Waals surface area contributed by atoms with E-state index in [4.69, 9.17) is 36.0 Å². The van der Waals surface area contributed by atoms with Gasteiger partial charge in [0.2, 0.25) is 0 Å². The Hall–Kier alpha value is -6.35. The fraction of sp³-hybridized carbons (Fsp3) is 0.238. The minimum Gasteiger partial charge on any atom is -0.507 e. The smallest absolute Gasteiger partial charge is 0.148 e. The Morgan fingerprint density at radius 2 is 1.19 bits per heavy atom. The summed E-state index contributed by atoms with van der Waals surface area (Å²) in [6, 6.07) is 49.4. The molecule has 0 unspecified atom stereocenters. The Labute approximate surface area is 445 Å². The van der Waals surface area contributed by atoms with E-state index in [0.29, 0.717) is 45.3 Å². The van der Waals surface area contributed by atoms with Gasteiger partial charge < -0.3 is 5.11 Å². The zero-order chi connectivity index (χ0) is 63.3. The Kier molecular flexibility index (Phi) is 8.08. The molecule has 2 aromatic heterocycles. The van der Waals surface area contributed by atoms with Crippen LogP contribution >= 0.6 is 0 Å². The van der Waals surface area contributed by atoms with E-state index in [1.807, 2.05) is 156 Å². The summed E-state index contributed by atoms with van der Waals surface area (Å²) in [4.78, 5) is 10.0. The number of hydrogen-bond donors (Lipinski definition) is 1. The van der Waals surface area contributed by atoms with Crippen molar-refractivity contribution in [2.45, 2.75) is 97.9 Å². The molecule has 0 aliphatic carbocycles. The molecular weight excluding hydrogens is 1010 g/mol. The molecule has 0 radical (unpaired) electrons. The van der Waals surface area contributed by atoms with E-state index in [0.717, 1.165) is 39.4 Å². The van der Waals surface area contributed by atoms with Crippen LogP contribution in [0.1, 0.15) is 130 Å². The molecule has 1 N–H and O–H groups in total. The first-order valence-electron chi connectivity index (χ1n) is 31.5. The Balaban J connectivity index is 0.00000982. The summed E-state index contributed by atoms with van der Waals surface area (Å²) in [6.07, 6.45) is 1.67. The Bertz CT molecular complexity index is 3930. The molecule has 0 spiro atoms. The summed E-state index contributed by atoms with van der Waals surface area (Å²) < 4.78 is 169. The third-order valence-corrected chi connectivity index (χ3v) is 12.1. The van der Waals surface area contributed by atoms with Crippen LogP contribution in [-0.2, 0) is 37.3 Å². The Morgan fingerprint density at radius 3 is 1.84 bits per heavy atom. The van der Waals surface area contributed by atoms with Gasteiger partial charge in [-0.2, -0.15) is 0 Å². The number of fused-ring (bicyclic) bond motifs is 1. The van der Waals surface area contributed by atoms with Crippen molar-refractivity contribution in [2.24, 2.45) is 0 Å². The SMILES string of the molecule is [2H]C(C)(C)c1ccc(-c2ccnc(-c3[c-]c(-c4cccc5c4nc(-c4cc(C(C([2H])([2H])[2H])(C([2H])([2H])[2H])C([2H])([2H])[2H])cc(C(C([2H])([2H])[2H])(C([2H])([2H])[2H])C([2H])([2H])[2H])c4O)n5-c4ccc(-c5ccccc5)cc4C(C)(C)C)cc(-c4ccccc4)c3)c2)cc1.[Pt]. The number of nitrogens with zero attached hydrogens (tertiary/aromatic N) is 3. The van der Waals surface area contributed by atoms with Crippen LogP contribution < -0.4 is 0 Å². The molecule has 0 fully saturated rings. The normalized spacial score (nSPS) is 17.5. The minimum atomic E-state index is -4.15. The number of phenols is 1. The summed E-state index contributed by atoms with van der Waals surface area (Å²) in [6.45, 7) is -15.2. The summed E-state index contributed by atoms with van der Waals surface area (Å²) >= 11 is 0. The molecule has 346 valence electrons. The number of pyridine rings is 1. The van der Waals surface area contributed by atoms with Crippen molar-refractivity contribution in [2.75, 3.05) is 0 Å². The van der Waals surface area contributed by atoms with Crippen molar-refractivity contribution in [3.63, 3.8) is 0 Å². The van der Waals surface area contributed by atoms with Gasteiger partial charge in [0, 0.05) is 64.6 Å². The van der Waals surface area contributed by atoms with Gasteiger partial charge in [-0.25, -0.2) is 4.98 Å². The number of benzene rings is 7. The van der Waals surface area contributed by atoms with Gasteiger partial charge in [0.05, 0.1) is 22.3 Å². The van der Waals surface area contributed by atoms with E-state index in [-0.39, 0.29) is 32.1 Å². The maximum Gasteiger partial charge on any atom is 0.148 e. The second kappa shape index (κ2) is 18.6. The average molecular weight is 1090 g/mol. The van der Waals surface area contributed by atoms with Gasteiger partial charge in [-0.15, -0.1) is 23.8 Å². The molecule has 5 heteroatoms. The molecule has 4 nitrogen and oxygen atoms in total. The molecule has 68 heavy (non-hydrogen) atoms. The van der Waals surface area contributed by atoms with Crippen molar-refractivity contribution in [1.29, 1.82) is 0 Å². The predicted molar refractivity (Wildman–Crippen MR) is 282 cm³/mol. The number of aromatic hydroxyl groups is 1. The summed E-state index contributed by atoms with van der Waals surface area (Å²) in [5, 5.41) is 13.1. The first kappa shape index (κ1) is 29.5. The van der Waals surface area contributed by atoms with Crippen LogP contribution in [0.3, 0.4) is 0 Å². The largest absolute Gasteiger partial charge is 0.507 e. The summed E-state index contributed by atoms with van der Waals surface area (Å²) in [7, 11) is 0. The van der Waals surface area contributed by atoms with Gasteiger partial charge in [-0.05, 0) is 97.0 Å². The molecule has 2 heterocycles. The van der Waals surface area contributed by atoms with Crippen LogP contribution in [0.25, 0.3) is 83.9 Å². The van der Waals surface area contributed by atoms with Crippen LogP contribution in [-0.4, -0.2) is 19.6 Å². The van der Waals surface area contributed by atoms with Crippen molar-refractivity contribution < 1.29 is 52.2 Å². The van der Waals surface area contributed by atoms with Crippen molar-refractivity contribution >= 4 is 11.0 Å². The standard InChI is InChI=1S/C63H62N3O.Pt/c1-40(2)41-25-27-44(28-26-41)46-31-32-64-55(37-46)49-34-47(43-21-16-13-17-22-43)33-48(35-49)51-23-18-24-57-58(51)65-60(52-38-50(61(3,4)5)39-54(59(52)67)63(9,10)11)66(57)56-30-29-45(36-53(56)62(6,7)8)42-19-14-12-15-20-42;/h12-34,36-40,67H,1-11H3;/q-1;/i3D3,4D3,5D3,9D3,10D3,11D3,40D;. The fourth-order valence-corrected chi connectivity index (χ4v) is 8.59. The molecule has 7 aromatic carbocycles. The molecule has 0 aliphatic rings. The molecule has 0 aliphatic heterocycles. The number of imidazole rings is 1. The number of aromatic nitrogens is 3. The van der Waals surface area contributed by atoms with Crippen molar-refractivity contribution in [3.8, 4) is 78.6 Å². The third kappa shape index (κ3) is 9.54. The third-order valence-electron chi connectivity index (χ3n) is 12.1. The van der Waals surface area contributed by atoms with Crippen LogP contribution in [0, 0.1) is 6.07 Å². The van der Waals surface area contributed by atoms with Gasteiger partial charge >= 0.3 is 0 Å². The minimum absolute atomic E-state index is 0. The van der Waals surface area contributed by atoms with Crippen LogP contribution in [0.2, 0.25) is 0 Å². The molecule has 0 atom stereocenters. The summed E-state index contributed by atoms with van der Waals surface area (Å²) in [5.41, 5.74) is -3.60. The van der Waals surface area contributed by atoms with E-state index in [2.05, 4.69) is 6.07 Å². The number of rotatable bonds is 8. The van der Waals surface area contributed by atoms with E-state index >= 15 is 0 Å². The topological polar surface area (TPSA) is 50.9 Å². The number of phenolic OH excluding ortho intramolecular Hbond substituents is 1. The van der Waals surface area contributed by atoms with E-state index < -0.39 is 91.5 Å². The van der Waals surface area contributed by atoms with Crippen molar-refractivity contribution in [1.82, 2.24) is 14.5 Å². The zero-order valence-electron chi connectivity index (χ0n) is 57.2. The zero-order valence-corrected chi connectivity index (χ0v) is 40.5. The first-order valence-corrected chi connectivity index (χ1v) is 22.0. The van der Waals surface area contributed by atoms with Crippen LogP contribution in [0.4, 0.5) is 0 Å². The predicted octanol–water partition coefficient (Wildman–Crippen LogP) is 16.9. The van der Waals surface area contributed by atoms with Crippen molar-refractivity contribution in [3.05, 3.63) is 192 Å². The van der Waals surface area contributed by atoms with E-state index in [1.54, 1.807) is 30.5 Å². The van der Waals surface area contributed by atoms with Crippen LogP contribution in [0.15, 0.2) is 164 Å². The monoisotopic (exact) mass is 1090 g/mol. The van der Waals surface area contributed by atoms with Gasteiger partial charge in [0.25, 0.3) is 0 Å². The van der Waals surface area contributed by atoms with Crippen LogP contribution in [0.5, 0.6) is 5.75 Å². The van der Waals surface area contributed by atoms with Gasteiger partial charge in [-0.3, -0.25) is 9.55 Å². The quantitative estimate of drug-likeness (QED) is 0.154. The van der Waals surface area contributed by atoms with Gasteiger partial charge in [0.1, 0.15) is 11.6 Å². The molecule has 0 bridgehead atoms. The second-order valence-corrected chi connectivity index (χ2v) is 18.3. The average Bonchev–Trinajstić information content (AvgIpc) is 1.12. The summed E-state index contributed by atoms with van der Waals surface area (Å²) in [5.74, 6) is -2.62. The fourth-order valence-electron chi connectivity index (χ4n) is 8.59. The van der Waals surface area contributed by atoms with Gasteiger partial charge in [0.15, 0.2) is 0 Å². The van der Waals surface area contributed by atoms with Gasteiger partial charge in [-0.1, -0.05) is 208 Å². The maximum atomic E-state index is 13.1. The van der Waals surface area contributed by atoms with E-state index in [9.17, 15) is 5.11 Å². The number of hydrogen-bond acceptors (Lipinski definition) is 3. The molecule has 0 amide bonds. The first-order chi connectivity index (χ1) is 39.6. The number of para-hydroxylation sites is 1. The molecular formula is C63H62N3OPt-.